The van der Waals surface area contributed by atoms with Crippen molar-refractivity contribution in [1.29, 1.82) is 0 Å². The van der Waals surface area contributed by atoms with Gasteiger partial charge >= 0.3 is 0 Å². The first-order chi connectivity index (χ1) is 8.98. The van der Waals surface area contributed by atoms with Gasteiger partial charge in [0.2, 0.25) is 0 Å². The van der Waals surface area contributed by atoms with Gasteiger partial charge in [0.05, 0.1) is 14.4 Å². The van der Waals surface area contributed by atoms with Crippen molar-refractivity contribution in [1.82, 2.24) is 0 Å². The van der Waals surface area contributed by atoms with Crippen LogP contribution in [0.4, 0.5) is 0 Å². The van der Waals surface area contributed by atoms with Gasteiger partial charge in [-0.2, -0.15) is 0 Å². The predicted molar refractivity (Wildman–Crippen MR) is 92.5 cm³/mol. The van der Waals surface area contributed by atoms with Crippen LogP contribution in [0.1, 0.15) is 72.6 Å². The maximum Gasteiger partial charge on any atom is 0.0861 e. The van der Waals surface area contributed by atoms with E-state index in [9.17, 15) is 10.2 Å². The molecule has 20 heavy (non-hydrogen) atoms. The van der Waals surface area contributed by atoms with Crippen LogP contribution in [-0.4, -0.2) is 24.6 Å². The lowest BCUT2D eigenvalue weighted by Crippen LogP contribution is -2.40. The fraction of sp³-hybridized carbons (Fsp3) is 1.00. The third kappa shape index (κ3) is 5.58. The maximum atomic E-state index is 10.1. The molecule has 120 valence electrons. The molecule has 1 unspecified atom stereocenters. The third-order valence-corrected chi connectivity index (χ3v) is 7.34. The Labute approximate surface area is 141 Å². The van der Waals surface area contributed by atoms with Gasteiger partial charge in [0.1, 0.15) is 0 Å². The Morgan fingerprint density at radius 3 is 2.15 bits per heavy atom. The lowest BCUT2D eigenvalue weighted by Gasteiger charge is -2.43. The standard InChI is InChI=1S/C16H30Br2O2/c1-5-12(6-9-14(2,3)19)16(17,18)13-7-10-15(4,20)11-8-13/h12-13,19-20H,5-11H2,1-4H3. The van der Waals surface area contributed by atoms with Gasteiger partial charge in [0, 0.05) is 0 Å². The minimum atomic E-state index is -0.597. The first-order valence-corrected chi connectivity index (χ1v) is 9.39. The van der Waals surface area contributed by atoms with Crippen LogP contribution in [0.2, 0.25) is 0 Å². The monoisotopic (exact) mass is 412 g/mol. The molecular weight excluding hydrogens is 384 g/mol. The molecule has 1 aliphatic rings. The molecule has 0 spiro atoms. The molecule has 1 atom stereocenters. The van der Waals surface area contributed by atoms with E-state index in [4.69, 9.17) is 0 Å². The molecule has 1 aliphatic carbocycles. The topological polar surface area (TPSA) is 40.5 Å². The average molecular weight is 414 g/mol. The highest BCUT2D eigenvalue weighted by atomic mass is 79.9. The van der Waals surface area contributed by atoms with Gasteiger partial charge < -0.3 is 10.2 Å². The molecule has 1 fully saturated rings. The molecule has 1 rings (SSSR count). The number of alkyl halides is 2. The van der Waals surface area contributed by atoms with E-state index in [1.54, 1.807) is 0 Å². The zero-order valence-corrected chi connectivity index (χ0v) is 16.4. The number of halogens is 2. The first-order valence-electron chi connectivity index (χ1n) is 7.80. The van der Waals surface area contributed by atoms with E-state index in [-0.39, 0.29) is 3.23 Å². The summed E-state index contributed by atoms with van der Waals surface area (Å²) in [5.74, 6) is 1.02. The number of rotatable bonds is 6. The van der Waals surface area contributed by atoms with Crippen LogP contribution < -0.4 is 0 Å². The molecule has 1 saturated carbocycles. The first kappa shape index (κ1) is 18.9. The quantitative estimate of drug-likeness (QED) is 0.602. The van der Waals surface area contributed by atoms with Gasteiger partial charge in [-0.25, -0.2) is 0 Å². The van der Waals surface area contributed by atoms with Crippen molar-refractivity contribution in [2.45, 2.75) is 87.1 Å². The van der Waals surface area contributed by atoms with Crippen molar-refractivity contribution in [3.63, 3.8) is 0 Å². The molecule has 2 N–H and O–H groups in total. The van der Waals surface area contributed by atoms with Gasteiger partial charge in [-0.3, -0.25) is 0 Å². The second-order valence-corrected chi connectivity index (χ2v) is 11.1. The van der Waals surface area contributed by atoms with E-state index < -0.39 is 11.2 Å². The minimum absolute atomic E-state index is 0.0729. The molecule has 0 aromatic rings. The predicted octanol–water partition coefficient (Wildman–Crippen LogP) is 4.99. The van der Waals surface area contributed by atoms with E-state index in [2.05, 4.69) is 38.8 Å². The third-order valence-electron chi connectivity index (χ3n) is 4.75. The largest absolute Gasteiger partial charge is 0.390 e. The smallest absolute Gasteiger partial charge is 0.0861 e. The van der Waals surface area contributed by atoms with Crippen molar-refractivity contribution in [2.75, 3.05) is 0 Å². The summed E-state index contributed by atoms with van der Waals surface area (Å²) in [4.78, 5) is 0. The SMILES string of the molecule is CCC(CCC(C)(C)O)C(Br)(Br)C1CCC(C)(O)CC1. The van der Waals surface area contributed by atoms with E-state index in [0.717, 1.165) is 44.9 Å². The van der Waals surface area contributed by atoms with Crippen LogP contribution in [0.15, 0.2) is 0 Å². The zero-order chi connectivity index (χ0) is 15.6. The van der Waals surface area contributed by atoms with Gasteiger partial charge in [0.15, 0.2) is 0 Å². The Morgan fingerprint density at radius 2 is 1.75 bits per heavy atom. The number of hydrogen-bond donors (Lipinski definition) is 2. The maximum absolute atomic E-state index is 10.1. The second-order valence-electron chi connectivity index (χ2n) is 7.40. The van der Waals surface area contributed by atoms with E-state index in [1.165, 1.54) is 0 Å². The summed E-state index contributed by atoms with van der Waals surface area (Å²) in [6, 6.07) is 0. The highest BCUT2D eigenvalue weighted by molar-refractivity contribution is 9.25. The Balaban J connectivity index is 2.65. The molecule has 0 amide bonds. The van der Waals surface area contributed by atoms with Gasteiger partial charge in [-0.05, 0) is 71.1 Å². The highest BCUT2D eigenvalue weighted by Crippen LogP contribution is 2.51. The zero-order valence-electron chi connectivity index (χ0n) is 13.3. The van der Waals surface area contributed by atoms with Crippen LogP contribution in [0, 0.1) is 11.8 Å². The van der Waals surface area contributed by atoms with E-state index >= 15 is 0 Å². The summed E-state index contributed by atoms with van der Waals surface area (Å²) in [5.41, 5.74) is -1.08. The summed E-state index contributed by atoms with van der Waals surface area (Å²) >= 11 is 7.86. The van der Waals surface area contributed by atoms with Crippen molar-refractivity contribution in [2.24, 2.45) is 11.8 Å². The van der Waals surface area contributed by atoms with Crippen molar-refractivity contribution >= 4 is 31.9 Å². The fourth-order valence-electron chi connectivity index (χ4n) is 3.15. The lowest BCUT2D eigenvalue weighted by atomic mass is 9.75. The summed E-state index contributed by atoms with van der Waals surface area (Å²) in [6.45, 7) is 7.91. The molecule has 0 saturated heterocycles. The fourth-order valence-corrected chi connectivity index (χ4v) is 5.18. The molecular formula is C16H30Br2O2. The molecule has 2 nitrogen and oxygen atoms in total. The second kappa shape index (κ2) is 6.97. The molecule has 0 aromatic heterocycles. The Morgan fingerprint density at radius 1 is 1.25 bits per heavy atom. The van der Waals surface area contributed by atoms with Crippen LogP contribution in [0.3, 0.4) is 0 Å². The van der Waals surface area contributed by atoms with Gasteiger partial charge in [-0.15, -0.1) is 0 Å². The van der Waals surface area contributed by atoms with Gasteiger partial charge in [-0.1, -0.05) is 45.2 Å². The van der Waals surface area contributed by atoms with E-state index in [0.29, 0.717) is 11.8 Å². The summed E-state index contributed by atoms with van der Waals surface area (Å²) in [7, 11) is 0. The minimum Gasteiger partial charge on any atom is -0.390 e. The Hall–Kier alpha value is 0.880. The molecule has 4 heteroatoms. The normalized spacial score (nSPS) is 30.3. The lowest BCUT2D eigenvalue weighted by molar-refractivity contribution is 0.00368. The van der Waals surface area contributed by atoms with Crippen molar-refractivity contribution in [3.05, 3.63) is 0 Å². The van der Waals surface area contributed by atoms with Gasteiger partial charge in [0.25, 0.3) is 0 Å². The van der Waals surface area contributed by atoms with Crippen LogP contribution in [0.5, 0.6) is 0 Å². The van der Waals surface area contributed by atoms with Crippen molar-refractivity contribution < 1.29 is 10.2 Å². The Kier molecular flexibility index (Phi) is 6.60. The average Bonchev–Trinajstić information content (AvgIpc) is 2.27. The molecule has 0 aliphatic heterocycles. The molecule has 0 aromatic carbocycles. The van der Waals surface area contributed by atoms with Crippen LogP contribution in [-0.2, 0) is 0 Å². The molecule has 0 bridgehead atoms. The number of aliphatic hydroxyl groups is 2. The molecule has 0 heterocycles. The Bertz CT molecular complexity index is 298. The summed E-state index contributed by atoms with van der Waals surface area (Å²) in [5, 5.41) is 20.0. The van der Waals surface area contributed by atoms with Crippen molar-refractivity contribution in [3.8, 4) is 0 Å². The molecule has 0 radical (unpaired) electrons. The van der Waals surface area contributed by atoms with E-state index in [1.807, 2.05) is 20.8 Å². The summed E-state index contributed by atoms with van der Waals surface area (Å²) < 4.78 is -0.0729. The highest BCUT2D eigenvalue weighted by Gasteiger charge is 2.43. The van der Waals surface area contributed by atoms with Crippen LogP contribution in [0.25, 0.3) is 0 Å². The van der Waals surface area contributed by atoms with Crippen LogP contribution >= 0.6 is 31.9 Å². The number of hydrogen-bond acceptors (Lipinski definition) is 2. The summed E-state index contributed by atoms with van der Waals surface area (Å²) in [6.07, 6.45) is 6.74.